The SMILES string of the molecule is CCCN(C)CF. The summed E-state index contributed by atoms with van der Waals surface area (Å²) >= 11 is 0. The summed E-state index contributed by atoms with van der Waals surface area (Å²) in [5.41, 5.74) is 0. The van der Waals surface area contributed by atoms with E-state index in [1.807, 2.05) is 6.92 Å². The predicted octanol–water partition coefficient (Wildman–Crippen LogP) is 1.26. The number of hydrogen-bond acceptors (Lipinski definition) is 1. The molecule has 0 aromatic rings. The summed E-state index contributed by atoms with van der Waals surface area (Å²) in [7, 11) is 1.77. The Morgan fingerprint density at radius 3 is 2.29 bits per heavy atom. The minimum absolute atomic E-state index is 0.326. The van der Waals surface area contributed by atoms with Crippen LogP contribution < -0.4 is 0 Å². The van der Waals surface area contributed by atoms with E-state index in [1.165, 1.54) is 0 Å². The molecule has 0 saturated heterocycles. The van der Waals surface area contributed by atoms with Gasteiger partial charge in [-0.3, -0.25) is 4.90 Å². The Labute approximate surface area is 44.1 Å². The lowest BCUT2D eigenvalue weighted by molar-refractivity contribution is 0.225. The van der Waals surface area contributed by atoms with Crippen LogP contribution in [0.15, 0.2) is 0 Å². The Morgan fingerprint density at radius 1 is 1.57 bits per heavy atom. The van der Waals surface area contributed by atoms with E-state index in [-0.39, 0.29) is 6.80 Å². The fourth-order valence-electron chi connectivity index (χ4n) is 0.441. The first-order valence-corrected chi connectivity index (χ1v) is 2.55. The first kappa shape index (κ1) is 6.89. The van der Waals surface area contributed by atoms with Gasteiger partial charge in [0.05, 0.1) is 0 Å². The van der Waals surface area contributed by atoms with Crippen molar-refractivity contribution in [3.8, 4) is 0 Å². The molecule has 0 rings (SSSR count). The average Bonchev–Trinajstić information content (AvgIpc) is 1.68. The van der Waals surface area contributed by atoms with Crippen molar-refractivity contribution in [2.75, 3.05) is 20.4 Å². The second-order valence-corrected chi connectivity index (χ2v) is 1.70. The van der Waals surface area contributed by atoms with Crippen molar-refractivity contribution in [2.45, 2.75) is 13.3 Å². The maximum atomic E-state index is 11.5. The maximum Gasteiger partial charge on any atom is 0.142 e. The Bertz CT molecular complexity index is 39.1. The molecule has 0 unspecified atom stereocenters. The summed E-state index contributed by atoms with van der Waals surface area (Å²) in [4.78, 5) is 1.64. The number of hydrogen-bond donors (Lipinski definition) is 0. The van der Waals surface area contributed by atoms with Crippen molar-refractivity contribution in [1.82, 2.24) is 4.90 Å². The van der Waals surface area contributed by atoms with Crippen molar-refractivity contribution < 1.29 is 4.39 Å². The molecule has 0 N–H and O–H groups in total. The molecule has 0 radical (unpaired) electrons. The van der Waals surface area contributed by atoms with E-state index in [9.17, 15) is 4.39 Å². The Kier molecular flexibility index (Phi) is 4.00. The first-order valence-electron chi connectivity index (χ1n) is 2.55. The fourth-order valence-corrected chi connectivity index (χ4v) is 0.441. The maximum absolute atomic E-state index is 11.5. The van der Waals surface area contributed by atoms with E-state index in [0.29, 0.717) is 0 Å². The van der Waals surface area contributed by atoms with E-state index < -0.39 is 0 Å². The van der Waals surface area contributed by atoms with Crippen LogP contribution in [0.3, 0.4) is 0 Å². The van der Waals surface area contributed by atoms with E-state index >= 15 is 0 Å². The zero-order chi connectivity index (χ0) is 5.70. The second-order valence-electron chi connectivity index (χ2n) is 1.70. The molecule has 0 heterocycles. The Hall–Kier alpha value is -0.110. The van der Waals surface area contributed by atoms with Gasteiger partial charge in [0.2, 0.25) is 0 Å². The van der Waals surface area contributed by atoms with Gasteiger partial charge in [0.15, 0.2) is 0 Å². The van der Waals surface area contributed by atoms with Crippen LogP contribution in [-0.4, -0.2) is 25.3 Å². The van der Waals surface area contributed by atoms with Gasteiger partial charge in [0.25, 0.3) is 0 Å². The van der Waals surface area contributed by atoms with E-state index in [2.05, 4.69) is 0 Å². The molecule has 2 heteroatoms. The first-order chi connectivity index (χ1) is 3.31. The van der Waals surface area contributed by atoms with Gasteiger partial charge in [-0.05, 0) is 20.0 Å². The number of nitrogens with zero attached hydrogens (tertiary/aromatic N) is 1. The summed E-state index contributed by atoms with van der Waals surface area (Å²) in [6, 6.07) is 0. The summed E-state index contributed by atoms with van der Waals surface area (Å²) in [6.07, 6.45) is 1.03. The molecule has 0 amide bonds. The molecule has 0 aliphatic heterocycles. The van der Waals surface area contributed by atoms with Gasteiger partial charge in [0, 0.05) is 0 Å². The number of rotatable bonds is 3. The number of alkyl halides is 1. The van der Waals surface area contributed by atoms with Gasteiger partial charge in [-0.1, -0.05) is 6.92 Å². The van der Waals surface area contributed by atoms with E-state index in [1.54, 1.807) is 11.9 Å². The van der Waals surface area contributed by atoms with Crippen LogP contribution in [0.25, 0.3) is 0 Å². The minimum atomic E-state index is -0.326. The normalized spacial score (nSPS) is 10.3. The second kappa shape index (κ2) is 4.06. The third-order valence-electron chi connectivity index (χ3n) is 0.809. The summed E-state index contributed by atoms with van der Waals surface area (Å²) in [5, 5.41) is 0. The standard InChI is InChI=1S/C5H12FN/c1-3-4-7(2)5-6/h3-5H2,1-2H3. The Balaban J connectivity index is 2.83. The third-order valence-corrected chi connectivity index (χ3v) is 0.809. The fraction of sp³-hybridized carbons (Fsp3) is 1.00. The van der Waals surface area contributed by atoms with Crippen LogP contribution in [0.4, 0.5) is 4.39 Å². The van der Waals surface area contributed by atoms with E-state index in [4.69, 9.17) is 0 Å². The molecule has 44 valence electrons. The lowest BCUT2D eigenvalue weighted by Crippen LogP contribution is -2.16. The lowest BCUT2D eigenvalue weighted by atomic mass is 10.5. The van der Waals surface area contributed by atoms with Gasteiger partial charge in [-0.25, -0.2) is 4.39 Å². The van der Waals surface area contributed by atoms with Crippen LogP contribution in [0.1, 0.15) is 13.3 Å². The molecule has 0 fully saturated rings. The van der Waals surface area contributed by atoms with E-state index in [0.717, 1.165) is 13.0 Å². The quantitative estimate of drug-likeness (QED) is 0.488. The molecule has 0 atom stereocenters. The third kappa shape index (κ3) is 3.73. The van der Waals surface area contributed by atoms with Crippen LogP contribution in [0.5, 0.6) is 0 Å². The average molecular weight is 105 g/mol. The highest BCUT2D eigenvalue weighted by Crippen LogP contribution is 1.83. The molecule has 0 bridgehead atoms. The van der Waals surface area contributed by atoms with Gasteiger partial charge in [-0.15, -0.1) is 0 Å². The van der Waals surface area contributed by atoms with Crippen LogP contribution in [0.2, 0.25) is 0 Å². The van der Waals surface area contributed by atoms with Crippen molar-refractivity contribution >= 4 is 0 Å². The highest BCUT2D eigenvalue weighted by atomic mass is 19.1. The highest BCUT2D eigenvalue weighted by molar-refractivity contribution is 4.37. The van der Waals surface area contributed by atoms with Crippen molar-refractivity contribution in [3.05, 3.63) is 0 Å². The van der Waals surface area contributed by atoms with Gasteiger partial charge in [0.1, 0.15) is 6.80 Å². The monoisotopic (exact) mass is 105 g/mol. The molecule has 1 nitrogen and oxygen atoms in total. The zero-order valence-corrected chi connectivity index (χ0v) is 4.95. The molecule has 0 aliphatic rings. The van der Waals surface area contributed by atoms with Crippen LogP contribution in [-0.2, 0) is 0 Å². The molecule has 0 aromatic heterocycles. The van der Waals surface area contributed by atoms with Crippen LogP contribution in [0, 0.1) is 0 Å². The smallest absolute Gasteiger partial charge is 0.142 e. The summed E-state index contributed by atoms with van der Waals surface area (Å²) in [6.45, 7) is 2.57. The molecular formula is C5H12FN. The molecular weight excluding hydrogens is 93.1 g/mol. The van der Waals surface area contributed by atoms with Gasteiger partial charge >= 0.3 is 0 Å². The zero-order valence-electron chi connectivity index (χ0n) is 4.95. The molecule has 7 heavy (non-hydrogen) atoms. The van der Waals surface area contributed by atoms with Gasteiger partial charge < -0.3 is 0 Å². The molecule has 0 spiro atoms. The van der Waals surface area contributed by atoms with Crippen molar-refractivity contribution in [3.63, 3.8) is 0 Å². The summed E-state index contributed by atoms with van der Waals surface area (Å²) < 4.78 is 11.5. The predicted molar refractivity (Wildman–Crippen MR) is 28.9 cm³/mol. The molecule has 0 aliphatic carbocycles. The highest BCUT2D eigenvalue weighted by Gasteiger charge is 1.89. The molecule has 0 aromatic carbocycles. The lowest BCUT2D eigenvalue weighted by Gasteiger charge is -2.07. The van der Waals surface area contributed by atoms with Gasteiger partial charge in [-0.2, -0.15) is 0 Å². The summed E-state index contributed by atoms with van der Waals surface area (Å²) in [5.74, 6) is 0. The Morgan fingerprint density at radius 2 is 2.14 bits per heavy atom. The molecule has 0 saturated carbocycles. The van der Waals surface area contributed by atoms with Crippen molar-refractivity contribution in [2.24, 2.45) is 0 Å². The van der Waals surface area contributed by atoms with Crippen LogP contribution >= 0.6 is 0 Å². The van der Waals surface area contributed by atoms with Crippen molar-refractivity contribution in [1.29, 1.82) is 0 Å². The minimum Gasteiger partial charge on any atom is -0.280 e. The largest absolute Gasteiger partial charge is 0.280 e. The topological polar surface area (TPSA) is 3.24 Å². The number of halogens is 1.